The Morgan fingerprint density at radius 2 is 1.78 bits per heavy atom. The Morgan fingerprint density at radius 3 is 2.30 bits per heavy atom. The van der Waals surface area contributed by atoms with Crippen molar-refractivity contribution in [2.24, 2.45) is 5.41 Å². The van der Waals surface area contributed by atoms with Gasteiger partial charge in [-0.15, -0.1) is 0 Å². The molecular formula is C19H27N3O. The molecule has 0 saturated carbocycles. The van der Waals surface area contributed by atoms with Crippen LogP contribution in [0.1, 0.15) is 57.0 Å². The number of benzene rings is 1. The Labute approximate surface area is 138 Å². The Morgan fingerprint density at radius 1 is 1.13 bits per heavy atom. The van der Waals surface area contributed by atoms with Crippen molar-refractivity contribution in [2.45, 2.75) is 53.1 Å². The molecule has 4 nitrogen and oxygen atoms in total. The second-order valence-corrected chi connectivity index (χ2v) is 7.98. The van der Waals surface area contributed by atoms with Gasteiger partial charge in [-0.3, -0.25) is 9.48 Å². The van der Waals surface area contributed by atoms with Crippen LogP contribution in [0.3, 0.4) is 0 Å². The molecule has 124 valence electrons. The van der Waals surface area contributed by atoms with Gasteiger partial charge in [0.2, 0.25) is 0 Å². The summed E-state index contributed by atoms with van der Waals surface area (Å²) in [5.41, 5.74) is 1.75. The van der Waals surface area contributed by atoms with E-state index in [1.54, 1.807) is 6.20 Å². The lowest BCUT2D eigenvalue weighted by molar-refractivity contribution is 0.0891. The molecule has 0 saturated heterocycles. The first-order valence-electron chi connectivity index (χ1n) is 8.04. The number of aromatic nitrogens is 2. The number of nitrogens with zero attached hydrogens (tertiary/aromatic N) is 2. The van der Waals surface area contributed by atoms with Gasteiger partial charge < -0.3 is 5.32 Å². The summed E-state index contributed by atoms with van der Waals surface area (Å²) < 4.78 is 1.86. The largest absolute Gasteiger partial charge is 0.347 e. The zero-order valence-electron chi connectivity index (χ0n) is 14.8. The predicted molar refractivity (Wildman–Crippen MR) is 93.4 cm³/mol. The van der Waals surface area contributed by atoms with Crippen LogP contribution < -0.4 is 5.32 Å². The quantitative estimate of drug-likeness (QED) is 0.910. The molecule has 2 aromatic rings. The van der Waals surface area contributed by atoms with Gasteiger partial charge in [-0.25, -0.2) is 0 Å². The first kappa shape index (κ1) is 17.3. The molecule has 0 bridgehead atoms. The fourth-order valence-electron chi connectivity index (χ4n) is 3.09. The molecule has 0 fully saturated rings. The van der Waals surface area contributed by atoms with E-state index in [4.69, 9.17) is 0 Å². The Bertz CT molecular complexity index is 634. The van der Waals surface area contributed by atoms with Crippen molar-refractivity contribution in [3.8, 4) is 0 Å². The van der Waals surface area contributed by atoms with E-state index in [9.17, 15) is 4.79 Å². The highest BCUT2D eigenvalue weighted by Crippen LogP contribution is 2.27. The van der Waals surface area contributed by atoms with Crippen molar-refractivity contribution < 1.29 is 4.79 Å². The van der Waals surface area contributed by atoms with E-state index in [-0.39, 0.29) is 16.9 Å². The fraction of sp³-hybridized carbons (Fsp3) is 0.474. The highest BCUT2D eigenvalue weighted by molar-refractivity contribution is 5.94. The van der Waals surface area contributed by atoms with E-state index in [1.165, 1.54) is 0 Å². The van der Waals surface area contributed by atoms with E-state index in [0.29, 0.717) is 12.1 Å². The molecule has 1 amide bonds. The number of carbonyl (C=O) groups is 1. The number of rotatable bonds is 5. The molecule has 0 aliphatic carbocycles. The average Bonchev–Trinajstić information content (AvgIpc) is 2.88. The lowest BCUT2D eigenvalue weighted by atomic mass is 9.81. The molecule has 1 aromatic carbocycles. The Kier molecular flexibility index (Phi) is 4.93. The molecule has 0 spiro atoms. The molecule has 0 aliphatic rings. The van der Waals surface area contributed by atoms with Crippen molar-refractivity contribution in [1.29, 1.82) is 0 Å². The Balaban J connectivity index is 2.00. The van der Waals surface area contributed by atoms with Gasteiger partial charge in [-0.1, -0.05) is 32.9 Å². The molecule has 1 heterocycles. The third kappa shape index (κ3) is 5.55. The van der Waals surface area contributed by atoms with Gasteiger partial charge in [0.15, 0.2) is 0 Å². The predicted octanol–water partition coefficient (Wildman–Crippen LogP) is 3.88. The average molecular weight is 313 g/mol. The summed E-state index contributed by atoms with van der Waals surface area (Å²) >= 11 is 0. The Hall–Kier alpha value is -2.10. The van der Waals surface area contributed by atoms with Gasteiger partial charge in [0.25, 0.3) is 5.91 Å². The van der Waals surface area contributed by atoms with Gasteiger partial charge in [0, 0.05) is 23.5 Å². The minimum Gasteiger partial charge on any atom is -0.347 e. The van der Waals surface area contributed by atoms with Crippen molar-refractivity contribution in [3.63, 3.8) is 0 Å². The lowest BCUT2D eigenvalue weighted by Crippen LogP contribution is -2.45. The summed E-state index contributed by atoms with van der Waals surface area (Å²) in [5, 5.41) is 7.33. The van der Waals surface area contributed by atoms with Crippen LogP contribution in [0.4, 0.5) is 0 Å². The molecule has 1 N–H and O–H groups in total. The molecule has 0 atom stereocenters. The number of hydrogen-bond acceptors (Lipinski definition) is 2. The molecule has 23 heavy (non-hydrogen) atoms. The number of nitrogens with one attached hydrogen (secondary N) is 1. The van der Waals surface area contributed by atoms with Crippen LogP contribution in [-0.2, 0) is 6.54 Å². The highest BCUT2D eigenvalue weighted by Gasteiger charge is 2.27. The van der Waals surface area contributed by atoms with Crippen molar-refractivity contribution in [1.82, 2.24) is 15.1 Å². The molecule has 4 heteroatoms. The fourth-order valence-corrected chi connectivity index (χ4v) is 3.09. The van der Waals surface area contributed by atoms with Crippen LogP contribution >= 0.6 is 0 Å². The van der Waals surface area contributed by atoms with Crippen LogP contribution in [0, 0.1) is 5.41 Å². The second kappa shape index (κ2) is 6.57. The normalized spacial score (nSPS) is 12.2. The molecule has 2 rings (SSSR count). The summed E-state index contributed by atoms with van der Waals surface area (Å²) in [6.07, 6.45) is 4.61. The second-order valence-electron chi connectivity index (χ2n) is 7.98. The smallest absolute Gasteiger partial charge is 0.251 e. The van der Waals surface area contributed by atoms with Crippen molar-refractivity contribution in [2.75, 3.05) is 0 Å². The van der Waals surface area contributed by atoms with Crippen LogP contribution in [-0.4, -0.2) is 21.2 Å². The minimum atomic E-state index is -0.233. The van der Waals surface area contributed by atoms with Gasteiger partial charge in [0.05, 0.1) is 6.54 Å². The topological polar surface area (TPSA) is 46.9 Å². The lowest BCUT2D eigenvalue weighted by Gasteiger charge is -2.33. The summed E-state index contributed by atoms with van der Waals surface area (Å²) in [6, 6.07) is 9.61. The van der Waals surface area contributed by atoms with E-state index < -0.39 is 0 Å². The summed E-state index contributed by atoms with van der Waals surface area (Å²) in [6.45, 7) is 11.4. The van der Waals surface area contributed by atoms with Crippen LogP contribution in [0.2, 0.25) is 0 Å². The maximum atomic E-state index is 12.4. The summed E-state index contributed by atoms with van der Waals surface area (Å²) in [7, 11) is 0. The maximum Gasteiger partial charge on any atom is 0.251 e. The molecular weight excluding hydrogens is 286 g/mol. The van der Waals surface area contributed by atoms with E-state index in [0.717, 1.165) is 12.0 Å². The molecule has 0 aliphatic heterocycles. The van der Waals surface area contributed by atoms with E-state index >= 15 is 0 Å². The van der Waals surface area contributed by atoms with E-state index in [1.807, 2.05) is 41.2 Å². The van der Waals surface area contributed by atoms with Gasteiger partial charge in [0.1, 0.15) is 0 Å². The van der Waals surface area contributed by atoms with Gasteiger partial charge >= 0.3 is 0 Å². The third-order valence-electron chi connectivity index (χ3n) is 3.54. The van der Waals surface area contributed by atoms with Crippen LogP contribution in [0.25, 0.3) is 0 Å². The summed E-state index contributed by atoms with van der Waals surface area (Å²) in [4.78, 5) is 12.4. The first-order valence-corrected chi connectivity index (χ1v) is 8.04. The zero-order chi connectivity index (χ0) is 17.1. The third-order valence-corrected chi connectivity index (χ3v) is 3.54. The van der Waals surface area contributed by atoms with E-state index in [2.05, 4.69) is 45.0 Å². The first-order chi connectivity index (χ1) is 10.6. The zero-order valence-corrected chi connectivity index (χ0v) is 14.8. The van der Waals surface area contributed by atoms with Crippen LogP contribution in [0.5, 0.6) is 0 Å². The maximum absolute atomic E-state index is 12.4. The SMILES string of the molecule is CC(C)(C)CC(C)(C)NC(=O)c1ccc(Cn2cccn2)cc1. The number of carbonyl (C=O) groups excluding carboxylic acids is 1. The number of hydrogen-bond donors (Lipinski definition) is 1. The van der Waals surface area contributed by atoms with Gasteiger partial charge in [-0.05, 0) is 49.4 Å². The number of amides is 1. The standard InChI is InChI=1S/C19H27N3O/c1-18(2,3)14-19(4,5)21-17(23)16-9-7-15(8-10-16)13-22-12-6-11-20-22/h6-12H,13-14H2,1-5H3,(H,21,23). The summed E-state index contributed by atoms with van der Waals surface area (Å²) in [5.74, 6) is -0.0233. The molecule has 1 aromatic heterocycles. The minimum absolute atomic E-state index is 0.0233. The highest BCUT2D eigenvalue weighted by atomic mass is 16.1. The monoisotopic (exact) mass is 313 g/mol. The van der Waals surface area contributed by atoms with Crippen LogP contribution in [0.15, 0.2) is 42.7 Å². The molecule has 0 radical (unpaired) electrons. The van der Waals surface area contributed by atoms with Crippen molar-refractivity contribution >= 4 is 5.91 Å². The van der Waals surface area contributed by atoms with Crippen molar-refractivity contribution in [3.05, 3.63) is 53.9 Å². The van der Waals surface area contributed by atoms with Gasteiger partial charge in [-0.2, -0.15) is 5.10 Å². The molecule has 0 unspecified atom stereocenters.